The Balaban J connectivity index is -0.000000245. The molecular formula is C4H9NaO3P+. The summed E-state index contributed by atoms with van der Waals surface area (Å²) in [5.41, 5.74) is -0.704. The van der Waals surface area contributed by atoms with Gasteiger partial charge in [0, 0.05) is 0 Å². The normalized spacial score (nSPS) is 13.4. The molecule has 0 radical (unpaired) electrons. The molecule has 0 rings (SSSR count). The van der Waals surface area contributed by atoms with Gasteiger partial charge in [0.1, 0.15) is 0 Å². The first-order valence-corrected chi connectivity index (χ1v) is 3.49. The predicted molar refractivity (Wildman–Crippen MR) is 31.1 cm³/mol. The maximum absolute atomic E-state index is 10.2. The summed E-state index contributed by atoms with van der Waals surface area (Å²) in [6.07, 6.45) is 0. The zero-order valence-electron chi connectivity index (χ0n) is 6.79. The average Bonchev–Trinajstić information content (AvgIpc) is 1.64. The van der Waals surface area contributed by atoms with E-state index in [0.29, 0.717) is 0 Å². The molecule has 0 aromatic carbocycles. The van der Waals surface area contributed by atoms with Gasteiger partial charge >= 0.3 is 37.6 Å². The smallest absolute Gasteiger partial charge is 1.00 e. The van der Waals surface area contributed by atoms with Crippen molar-refractivity contribution in [3.8, 4) is 0 Å². The van der Waals surface area contributed by atoms with E-state index in [-0.39, 0.29) is 36.8 Å². The third-order valence-electron chi connectivity index (χ3n) is 0.920. The van der Waals surface area contributed by atoms with E-state index in [0.717, 1.165) is 0 Å². The number of hydrogen-bond donors (Lipinski definition) is 1. The van der Waals surface area contributed by atoms with Crippen LogP contribution in [0.1, 0.15) is 15.3 Å². The molecule has 5 heteroatoms. The molecule has 1 N–H and O–H groups in total. The Morgan fingerprint density at radius 2 is 2.11 bits per heavy atom. The fourth-order valence-electron chi connectivity index (χ4n) is 0.156. The van der Waals surface area contributed by atoms with Crippen molar-refractivity contribution in [2.45, 2.75) is 19.5 Å². The van der Waals surface area contributed by atoms with Gasteiger partial charge in [-0.05, 0) is 18.4 Å². The average molecular weight is 159 g/mol. The van der Waals surface area contributed by atoms with Gasteiger partial charge in [0.25, 0.3) is 0 Å². The van der Waals surface area contributed by atoms with Crippen LogP contribution in [0.25, 0.3) is 0 Å². The van der Waals surface area contributed by atoms with Crippen LogP contribution < -0.4 is 29.6 Å². The molecule has 0 saturated carbocycles. The zero-order valence-corrected chi connectivity index (χ0v) is 8.68. The minimum atomic E-state index is -2.30. The molecule has 0 aliphatic carbocycles. The molecule has 0 fully saturated rings. The van der Waals surface area contributed by atoms with Crippen molar-refractivity contribution in [3.63, 3.8) is 0 Å². The molecule has 0 aromatic heterocycles. The van der Waals surface area contributed by atoms with Crippen LogP contribution in [-0.2, 0) is 9.36 Å². The number of Topliss-reactive ketones (excluding diaryl/α,β-unsaturated/α-hetero) is 1. The van der Waals surface area contributed by atoms with E-state index in [1.165, 1.54) is 13.8 Å². The first kappa shape index (κ1) is 12.4. The molecule has 0 heterocycles. The first-order chi connectivity index (χ1) is 3.55. The second kappa shape index (κ2) is 5.51. The second-order valence-corrected chi connectivity index (χ2v) is 2.97. The van der Waals surface area contributed by atoms with Gasteiger partial charge in [-0.25, -0.2) is 0 Å². The van der Waals surface area contributed by atoms with Gasteiger partial charge in [-0.2, -0.15) is 4.89 Å². The second-order valence-electron chi connectivity index (χ2n) is 1.59. The number of ketones is 1. The van der Waals surface area contributed by atoms with E-state index in [9.17, 15) is 9.36 Å². The van der Waals surface area contributed by atoms with E-state index in [1.54, 1.807) is 0 Å². The van der Waals surface area contributed by atoms with Crippen LogP contribution in [0.3, 0.4) is 0 Å². The Labute approximate surface area is 78.5 Å². The molecule has 0 aromatic rings. The molecule has 0 saturated heterocycles. The van der Waals surface area contributed by atoms with Crippen LogP contribution in [0.15, 0.2) is 0 Å². The molecule has 0 bridgehead atoms. The number of hydrogen-bond acceptors (Lipinski definition) is 2. The summed E-state index contributed by atoms with van der Waals surface area (Å²) in [7, 11) is -2.30. The van der Waals surface area contributed by atoms with Crippen LogP contribution >= 0.6 is 8.03 Å². The van der Waals surface area contributed by atoms with Crippen molar-refractivity contribution >= 4 is 13.8 Å². The van der Waals surface area contributed by atoms with Crippen LogP contribution in [0.4, 0.5) is 0 Å². The Hall–Kier alpha value is 0.730. The van der Waals surface area contributed by atoms with E-state index in [4.69, 9.17) is 4.89 Å². The van der Waals surface area contributed by atoms with Crippen molar-refractivity contribution in [2.24, 2.45) is 0 Å². The monoisotopic (exact) mass is 159 g/mol. The zero-order chi connectivity index (χ0) is 6.73. The fraction of sp³-hybridized carbons (Fsp3) is 0.750. The van der Waals surface area contributed by atoms with Crippen LogP contribution in [0, 0.1) is 0 Å². The van der Waals surface area contributed by atoms with Gasteiger partial charge in [-0.1, -0.05) is 0 Å². The summed E-state index contributed by atoms with van der Waals surface area (Å²) in [5.74, 6) is -0.242. The summed E-state index contributed by atoms with van der Waals surface area (Å²) < 4.78 is 10.1. The molecule has 0 amide bonds. The minimum Gasteiger partial charge on any atom is -1.00 e. The largest absolute Gasteiger partial charge is 1.00 e. The number of carbonyl (C=O) groups excluding carboxylic acids is 1. The predicted octanol–water partition coefficient (Wildman–Crippen LogP) is -2.18. The summed E-state index contributed by atoms with van der Waals surface area (Å²) in [6, 6.07) is 0. The maximum Gasteiger partial charge on any atom is 1.00 e. The number of carbonyl (C=O) groups is 1. The SMILES string of the molecule is CC(=O)C(C)[P+](=O)O.[H-].[Na+]. The van der Waals surface area contributed by atoms with E-state index >= 15 is 0 Å². The van der Waals surface area contributed by atoms with E-state index in [1.807, 2.05) is 0 Å². The Bertz CT molecular complexity index is 116. The maximum atomic E-state index is 10.2. The van der Waals surface area contributed by atoms with Gasteiger partial charge in [0.05, 0.1) is 0 Å². The third-order valence-corrected chi connectivity index (χ3v) is 1.95. The topological polar surface area (TPSA) is 54.4 Å². The third kappa shape index (κ3) is 5.19. The molecule has 0 aliphatic rings. The van der Waals surface area contributed by atoms with Crippen molar-refractivity contribution in [2.75, 3.05) is 0 Å². The van der Waals surface area contributed by atoms with Crippen molar-refractivity contribution in [3.05, 3.63) is 0 Å². The van der Waals surface area contributed by atoms with Gasteiger partial charge < -0.3 is 1.43 Å². The first-order valence-electron chi connectivity index (χ1n) is 2.21. The Morgan fingerprint density at radius 3 is 2.11 bits per heavy atom. The summed E-state index contributed by atoms with van der Waals surface area (Å²) in [4.78, 5) is 18.5. The minimum absolute atomic E-state index is 0. The van der Waals surface area contributed by atoms with Gasteiger partial charge in [0.2, 0.25) is 5.66 Å². The van der Waals surface area contributed by atoms with Crippen molar-refractivity contribution in [1.82, 2.24) is 0 Å². The standard InChI is InChI=1S/C4H7O3P.Na.H/c1-3(5)4(2)8(6)7;;/h4H,1-2H3;;/q;+1;-1/p+1. The van der Waals surface area contributed by atoms with Crippen molar-refractivity contribution in [1.29, 1.82) is 0 Å². The molecular weight excluding hydrogens is 150 g/mol. The quantitative estimate of drug-likeness (QED) is 0.368. The summed E-state index contributed by atoms with van der Waals surface area (Å²) in [6.45, 7) is 2.73. The van der Waals surface area contributed by atoms with Gasteiger partial charge in [-0.15, -0.1) is 0 Å². The molecule has 2 unspecified atom stereocenters. The van der Waals surface area contributed by atoms with E-state index in [2.05, 4.69) is 0 Å². The Morgan fingerprint density at radius 1 is 1.78 bits per heavy atom. The van der Waals surface area contributed by atoms with Gasteiger partial charge in [-0.3, -0.25) is 4.79 Å². The summed E-state index contributed by atoms with van der Waals surface area (Å²) in [5, 5.41) is 0. The molecule has 3 nitrogen and oxygen atoms in total. The fourth-order valence-corrected chi connectivity index (χ4v) is 0.467. The Kier molecular flexibility index (Phi) is 7.60. The molecule has 0 aliphatic heterocycles. The van der Waals surface area contributed by atoms with Crippen LogP contribution in [0.5, 0.6) is 0 Å². The molecule has 48 valence electrons. The molecule has 9 heavy (non-hydrogen) atoms. The van der Waals surface area contributed by atoms with Gasteiger partial charge in [0.15, 0.2) is 5.78 Å². The number of rotatable bonds is 2. The van der Waals surface area contributed by atoms with E-state index < -0.39 is 13.7 Å². The summed E-state index contributed by atoms with van der Waals surface area (Å²) >= 11 is 0. The van der Waals surface area contributed by atoms with Crippen molar-refractivity contribution < 1.29 is 45.2 Å². The van der Waals surface area contributed by atoms with Crippen LogP contribution in [-0.4, -0.2) is 16.3 Å². The van der Waals surface area contributed by atoms with Crippen LogP contribution in [0.2, 0.25) is 0 Å². The molecule has 0 spiro atoms. The molecule has 2 atom stereocenters.